The molecule has 1 aromatic carbocycles. The molecule has 102 valence electrons. The second-order valence-electron chi connectivity index (χ2n) is 3.76. The van der Waals surface area contributed by atoms with Crippen LogP contribution in [-0.4, -0.2) is 42.3 Å². The Hall–Kier alpha value is -2.15. The largest absolute Gasteiger partial charge is 0.358 e. The SMILES string of the molecule is CNC(=O)CN(C)C(=O)c1cc([N+](=O)[O-])ccc1Cl. The molecule has 7 nitrogen and oxygen atoms in total. The predicted octanol–water partition coefficient (Wildman–Crippen LogP) is 1.07. The Bertz CT molecular complexity index is 533. The summed E-state index contributed by atoms with van der Waals surface area (Å²) < 4.78 is 0. The number of hydrogen-bond acceptors (Lipinski definition) is 4. The zero-order valence-corrected chi connectivity index (χ0v) is 11.1. The lowest BCUT2D eigenvalue weighted by Crippen LogP contribution is -2.37. The molecule has 1 aromatic rings. The zero-order chi connectivity index (χ0) is 14.6. The van der Waals surface area contributed by atoms with E-state index in [1.54, 1.807) is 0 Å². The van der Waals surface area contributed by atoms with Crippen molar-refractivity contribution in [1.82, 2.24) is 10.2 Å². The van der Waals surface area contributed by atoms with Crippen LogP contribution in [0.3, 0.4) is 0 Å². The van der Waals surface area contributed by atoms with Gasteiger partial charge in [0.15, 0.2) is 0 Å². The smallest absolute Gasteiger partial charge is 0.270 e. The van der Waals surface area contributed by atoms with Crippen LogP contribution in [0, 0.1) is 10.1 Å². The minimum Gasteiger partial charge on any atom is -0.358 e. The van der Waals surface area contributed by atoms with E-state index in [2.05, 4.69) is 5.32 Å². The van der Waals surface area contributed by atoms with Gasteiger partial charge in [0.2, 0.25) is 5.91 Å². The summed E-state index contributed by atoms with van der Waals surface area (Å²) in [6.45, 7) is -0.158. The molecule has 2 amide bonds. The van der Waals surface area contributed by atoms with E-state index in [0.717, 1.165) is 11.0 Å². The van der Waals surface area contributed by atoms with E-state index in [-0.39, 0.29) is 28.7 Å². The fraction of sp³-hybridized carbons (Fsp3) is 0.273. The lowest BCUT2D eigenvalue weighted by atomic mass is 10.1. The highest BCUT2D eigenvalue weighted by molar-refractivity contribution is 6.34. The third kappa shape index (κ3) is 3.65. The molecule has 0 fully saturated rings. The maximum atomic E-state index is 12.0. The van der Waals surface area contributed by atoms with Crippen LogP contribution in [0.2, 0.25) is 5.02 Å². The number of nitro groups is 1. The van der Waals surface area contributed by atoms with Gasteiger partial charge in [-0.1, -0.05) is 11.6 Å². The summed E-state index contributed by atoms with van der Waals surface area (Å²) in [7, 11) is 2.85. The molecule has 8 heteroatoms. The number of halogens is 1. The van der Waals surface area contributed by atoms with E-state index >= 15 is 0 Å². The molecular formula is C11H12ClN3O4. The molecule has 0 atom stereocenters. The van der Waals surface area contributed by atoms with E-state index in [1.807, 2.05) is 0 Å². The van der Waals surface area contributed by atoms with Crippen LogP contribution in [0.4, 0.5) is 5.69 Å². The van der Waals surface area contributed by atoms with Gasteiger partial charge in [-0.15, -0.1) is 0 Å². The van der Waals surface area contributed by atoms with Gasteiger partial charge in [-0.3, -0.25) is 19.7 Å². The second kappa shape index (κ2) is 6.14. The molecule has 0 bridgehead atoms. The first kappa shape index (κ1) is 14.9. The van der Waals surface area contributed by atoms with Gasteiger partial charge in [-0.25, -0.2) is 0 Å². The van der Waals surface area contributed by atoms with Crippen LogP contribution in [0.1, 0.15) is 10.4 Å². The fourth-order valence-electron chi connectivity index (χ4n) is 1.36. The molecule has 0 heterocycles. The summed E-state index contributed by atoms with van der Waals surface area (Å²) in [5.41, 5.74) is -0.247. The summed E-state index contributed by atoms with van der Waals surface area (Å²) in [5, 5.41) is 13.1. The van der Waals surface area contributed by atoms with Crippen LogP contribution in [-0.2, 0) is 4.79 Å². The first-order chi connectivity index (χ1) is 8.86. The van der Waals surface area contributed by atoms with Crippen LogP contribution in [0.5, 0.6) is 0 Å². The van der Waals surface area contributed by atoms with E-state index in [9.17, 15) is 19.7 Å². The molecule has 1 N–H and O–H groups in total. The first-order valence-corrected chi connectivity index (χ1v) is 5.64. The van der Waals surface area contributed by atoms with Crippen molar-refractivity contribution in [2.45, 2.75) is 0 Å². The molecule has 0 aliphatic carbocycles. The maximum Gasteiger partial charge on any atom is 0.270 e. The van der Waals surface area contributed by atoms with Crippen molar-refractivity contribution in [2.75, 3.05) is 20.6 Å². The standard InChI is InChI=1S/C11H12ClN3O4/c1-13-10(16)6-14(2)11(17)8-5-7(15(18)19)3-4-9(8)12/h3-5H,6H2,1-2H3,(H,13,16). The molecule has 0 unspecified atom stereocenters. The van der Waals surface area contributed by atoms with Crippen LogP contribution in [0.25, 0.3) is 0 Å². The summed E-state index contributed by atoms with van der Waals surface area (Å²) >= 11 is 5.84. The number of likely N-dealkylation sites (N-methyl/N-ethyl adjacent to an activating group) is 2. The molecular weight excluding hydrogens is 274 g/mol. The van der Waals surface area contributed by atoms with Crippen LogP contribution >= 0.6 is 11.6 Å². The van der Waals surface area contributed by atoms with Crippen LogP contribution < -0.4 is 5.32 Å². The third-order valence-corrected chi connectivity index (χ3v) is 2.73. The number of hydrogen-bond donors (Lipinski definition) is 1. The number of carbonyl (C=O) groups excluding carboxylic acids is 2. The van der Waals surface area contributed by atoms with Crippen molar-refractivity contribution in [3.05, 3.63) is 38.9 Å². The van der Waals surface area contributed by atoms with Gasteiger partial charge in [-0.2, -0.15) is 0 Å². The Labute approximate surface area is 114 Å². The summed E-state index contributed by atoms with van der Waals surface area (Å²) in [5.74, 6) is -0.908. The molecule has 0 aliphatic rings. The zero-order valence-electron chi connectivity index (χ0n) is 10.3. The molecule has 1 rings (SSSR count). The number of non-ortho nitro benzene ring substituents is 1. The molecule has 0 saturated heterocycles. The Morgan fingerprint density at radius 3 is 2.63 bits per heavy atom. The molecule has 19 heavy (non-hydrogen) atoms. The Balaban J connectivity index is 3.01. The number of nitro benzene ring substituents is 1. The van der Waals surface area contributed by atoms with E-state index in [4.69, 9.17) is 11.6 Å². The monoisotopic (exact) mass is 285 g/mol. The van der Waals surface area contributed by atoms with E-state index in [0.29, 0.717) is 0 Å². The van der Waals surface area contributed by atoms with Gasteiger partial charge >= 0.3 is 0 Å². The molecule has 0 spiro atoms. The number of amides is 2. The lowest BCUT2D eigenvalue weighted by molar-refractivity contribution is -0.384. The normalized spacial score (nSPS) is 9.84. The summed E-state index contributed by atoms with van der Waals surface area (Å²) in [4.78, 5) is 34.4. The molecule has 0 aromatic heterocycles. The van der Waals surface area contributed by atoms with E-state index in [1.165, 1.54) is 26.2 Å². The van der Waals surface area contributed by atoms with E-state index < -0.39 is 10.8 Å². The minimum atomic E-state index is -0.619. The second-order valence-corrected chi connectivity index (χ2v) is 4.16. The minimum absolute atomic E-state index is 0.0118. The average Bonchev–Trinajstić information content (AvgIpc) is 2.37. The van der Waals surface area contributed by atoms with Crippen molar-refractivity contribution < 1.29 is 14.5 Å². The first-order valence-electron chi connectivity index (χ1n) is 5.26. The topological polar surface area (TPSA) is 92.6 Å². The Morgan fingerprint density at radius 1 is 1.47 bits per heavy atom. The highest BCUT2D eigenvalue weighted by atomic mass is 35.5. The van der Waals surface area contributed by atoms with Gasteiger partial charge in [0.25, 0.3) is 11.6 Å². The quantitative estimate of drug-likeness (QED) is 0.661. The lowest BCUT2D eigenvalue weighted by Gasteiger charge is -2.16. The van der Waals surface area contributed by atoms with Gasteiger partial charge in [-0.05, 0) is 6.07 Å². The van der Waals surface area contributed by atoms with Gasteiger partial charge < -0.3 is 10.2 Å². The third-order valence-electron chi connectivity index (χ3n) is 2.40. The molecule has 0 radical (unpaired) electrons. The number of nitrogens with one attached hydrogen (secondary N) is 1. The Morgan fingerprint density at radius 2 is 2.11 bits per heavy atom. The molecule has 0 saturated carbocycles. The molecule has 0 aliphatic heterocycles. The van der Waals surface area contributed by atoms with Crippen molar-refractivity contribution in [2.24, 2.45) is 0 Å². The predicted molar refractivity (Wildman–Crippen MR) is 69.1 cm³/mol. The van der Waals surface area contributed by atoms with Gasteiger partial charge in [0.1, 0.15) is 0 Å². The highest BCUT2D eigenvalue weighted by Gasteiger charge is 2.20. The maximum absolute atomic E-state index is 12.0. The van der Waals surface area contributed by atoms with Crippen molar-refractivity contribution in [3.8, 4) is 0 Å². The number of carbonyl (C=O) groups is 2. The fourth-order valence-corrected chi connectivity index (χ4v) is 1.56. The van der Waals surface area contributed by atoms with Crippen molar-refractivity contribution in [3.63, 3.8) is 0 Å². The van der Waals surface area contributed by atoms with Crippen molar-refractivity contribution >= 4 is 29.1 Å². The number of benzene rings is 1. The summed E-state index contributed by atoms with van der Waals surface area (Å²) in [6.07, 6.45) is 0. The van der Waals surface area contributed by atoms with Gasteiger partial charge in [0.05, 0.1) is 22.1 Å². The summed E-state index contributed by atoms with van der Waals surface area (Å²) in [6, 6.07) is 3.57. The van der Waals surface area contributed by atoms with Crippen LogP contribution in [0.15, 0.2) is 18.2 Å². The Kier molecular flexibility index (Phi) is 4.82. The average molecular weight is 286 g/mol. The highest BCUT2D eigenvalue weighted by Crippen LogP contribution is 2.23. The van der Waals surface area contributed by atoms with Gasteiger partial charge in [0, 0.05) is 26.2 Å². The number of rotatable bonds is 4. The number of nitrogens with zero attached hydrogens (tertiary/aromatic N) is 2. The van der Waals surface area contributed by atoms with Crippen molar-refractivity contribution in [1.29, 1.82) is 0 Å².